The molecule has 0 aliphatic carbocycles. The summed E-state index contributed by atoms with van der Waals surface area (Å²) in [6, 6.07) is 24.2. The standard InChI is InChI=1S/C62H66FN9O9S/c1-36-40(41-18-20-52(65-54(41)60(79)81-62(3,4)5)71-27-24-39-12-8-14-42(45(39)35-71)55(74)67-61-64-47-15-6-7-17-51(47)82-61)13-9-16-50(36)80-32-10-11-38-22-25-68(26-23-38)37(2)57(76)70-30-28-69(29-31-70)49-34-44-43(33-46(49)63)58(77)72(59(44)78)48-19-21-53(73)66-56(48)75/h6-9,12-18,20,33-34,37-38,48H,10-11,19,21-32,35H2,1-5H3,(H,64,67,74)(H,66,73,75)/t37-,48?/m0/s1. The second-order valence-electron chi connectivity index (χ2n) is 22.8. The van der Waals surface area contributed by atoms with Gasteiger partial charge in [0.2, 0.25) is 17.7 Å². The van der Waals surface area contributed by atoms with Gasteiger partial charge in [0.25, 0.3) is 17.7 Å². The van der Waals surface area contributed by atoms with Crippen molar-refractivity contribution in [3.63, 3.8) is 0 Å². The molecule has 6 aromatic rings. The number of ether oxygens (including phenoxy) is 2. The number of likely N-dealkylation sites (tertiary alicyclic amines) is 1. The first-order chi connectivity index (χ1) is 39.4. The minimum absolute atomic E-state index is 0.00388. The number of nitrogens with zero attached hydrogens (tertiary/aromatic N) is 7. The van der Waals surface area contributed by atoms with Gasteiger partial charge in [0.05, 0.1) is 39.7 Å². The van der Waals surface area contributed by atoms with Gasteiger partial charge < -0.3 is 24.2 Å². The number of halogens is 1. The molecule has 5 aliphatic rings. The van der Waals surface area contributed by atoms with Gasteiger partial charge in [-0.3, -0.25) is 49.2 Å². The van der Waals surface area contributed by atoms with Gasteiger partial charge in [-0.1, -0.05) is 47.7 Å². The molecule has 0 spiro atoms. The number of imide groups is 2. The monoisotopic (exact) mass is 1130 g/mol. The van der Waals surface area contributed by atoms with Crippen molar-refractivity contribution in [1.29, 1.82) is 0 Å². The van der Waals surface area contributed by atoms with E-state index >= 15 is 4.39 Å². The highest BCUT2D eigenvalue weighted by Gasteiger charge is 2.46. The Labute approximate surface area is 478 Å². The van der Waals surface area contributed by atoms with Crippen LogP contribution in [0.5, 0.6) is 5.75 Å². The lowest BCUT2D eigenvalue weighted by atomic mass is 9.91. The van der Waals surface area contributed by atoms with Crippen LogP contribution in [0.2, 0.25) is 0 Å². The highest BCUT2D eigenvalue weighted by molar-refractivity contribution is 7.22. The fraction of sp³-hybridized carbons (Fsp3) is 0.403. The van der Waals surface area contributed by atoms with E-state index in [1.54, 1.807) is 9.80 Å². The number of rotatable bonds is 14. The predicted octanol–water partition coefficient (Wildman–Crippen LogP) is 8.59. The third-order valence-corrected chi connectivity index (χ3v) is 17.4. The first-order valence-electron chi connectivity index (χ1n) is 28.2. The molecule has 20 heteroatoms. The van der Waals surface area contributed by atoms with E-state index in [1.165, 1.54) is 17.4 Å². The van der Waals surface area contributed by atoms with Crippen LogP contribution in [0.15, 0.2) is 84.9 Å². The maximum atomic E-state index is 15.6. The summed E-state index contributed by atoms with van der Waals surface area (Å²) >= 11 is 1.43. The van der Waals surface area contributed by atoms with Gasteiger partial charge in [0.15, 0.2) is 10.8 Å². The number of aromatic nitrogens is 2. The van der Waals surface area contributed by atoms with E-state index < -0.39 is 47.1 Å². The molecule has 3 saturated heterocycles. The van der Waals surface area contributed by atoms with Gasteiger partial charge in [-0.25, -0.2) is 19.2 Å². The van der Waals surface area contributed by atoms with Crippen LogP contribution >= 0.6 is 11.3 Å². The maximum absolute atomic E-state index is 15.6. The Morgan fingerprint density at radius 1 is 0.805 bits per heavy atom. The highest BCUT2D eigenvalue weighted by Crippen LogP contribution is 2.37. The molecule has 4 aromatic carbocycles. The van der Waals surface area contributed by atoms with Crippen LogP contribution in [-0.2, 0) is 32.1 Å². The Morgan fingerprint density at radius 2 is 1.55 bits per heavy atom. The van der Waals surface area contributed by atoms with Crippen LogP contribution in [0.4, 0.5) is 21.0 Å². The lowest BCUT2D eigenvalue weighted by Crippen LogP contribution is -2.55. The van der Waals surface area contributed by atoms with E-state index in [1.807, 2.05) is 101 Å². The molecule has 82 heavy (non-hydrogen) atoms. The largest absolute Gasteiger partial charge is 0.493 e. The zero-order valence-electron chi connectivity index (χ0n) is 46.7. The third kappa shape index (κ3) is 11.4. The smallest absolute Gasteiger partial charge is 0.358 e. The summed E-state index contributed by atoms with van der Waals surface area (Å²) in [5, 5.41) is 5.73. The van der Waals surface area contributed by atoms with E-state index in [9.17, 15) is 33.6 Å². The van der Waals surface area contributed by atoms with Gasteiger partial charge in [0.1, 0.15) is 29.0 Å². The second kappa shape index (κ2) is 23.0. The van der Waals surface area contributed by atoms with Crippen molar-refractivity contribution in [2.24, 2.45) is 5.92 Å². The summed E-state index contributed by atoms with van der Waals surface area (Å²) in [5.41, 5.74) is 5.14. The molecule has 1 unspecified atom stereocenters. The van der Waals surface area contributed by atoms with Crippen LogP contribution in [0, 0.1) is 18.7 Å². The van der Waals surface area contributed by atoms with E-state index in [4.69, 9.17) is 14.5 Å². The lowest BCUT2D eigenvalue weighted by Gasteiger charge is -2.40. The Kier molecular flexibility index (Phi) is 15.7. The average Bonchev–Trinajstić information content (AvgIpc) is 4.12. The first kappa shape index (κ1) is 55.8. The SMILES string of the molecule is Cc1c(OCCCC2CCN([C@@H](C)C(=O)N3CCN(c4cc5c(cc4F)C(=O)N(C4CCC(=O)NC4=O)C5=O)CC3)CC2)cccc1-c1ccc(N2CCc3cccc(C(=O)Nc4nc5ccccc5s4)c3C2)nc1C(=O)OC(C)(C)C. The number of carbonyl (C=O) groups excluding carboxylic acids is 7. The van der Waals surface area contributed by atoms with Gasteiger partial charge in [-0.05, 0) is 163 Å². The zero-order valence-corrected chi connectivity index (χ0v) is 47.5. The quantitative estimate of drug-likeness (QED) is 0.0596. The van der Waals surface area contributed by atoms with Crippen LogP contribution in [-0.4, -0.2) is 136 Å². The van der Waals surface area contributed by atoms with E-state index in [-0.39, 0.29) is 53.2 Å². The van der Waals surface area contributed by atoms with Crippen molar-refractivity contribution in [2.75, 3.05) is 67.5 Å². The van der Waals surface area contributed by atoms with E-state index in [0.717, 1.165) is 82.2 Å². The Hall–Kier alpha value is -8.10. The molecule has 2 N–H and O–H groups in total. The van der Waals surface area contributed by atoms with Gasteiger partial charge in [-0.15, -0.1) is 0 Å². The van der Waals surface area contributed by atoms with Gasteiger partial charge in [-0.2, -0.15) is 0 Å². The molecule has 11 rings (SSSR count). The molecular weight excluding hydrogens is 1070 g/mol. The Morgan fingerprint density at radius 3 is 2.29 bits per heavy atom. The normalized spacial score (nSPS) is 18.3. The molecule has 18 nitrogen and oxygen atoms in total. The molecule has 0 radical (unpaired) electrons. The van der Waals surface area contributed by atoms with Crippen LogP contribution in [0.1, 0.15) is 124 Å². The van der Waals surface area contributed by atoms with Gasteiger partial charge >= 0.3 is 5.97 Å². The van der Waals surface area contributed by atoms with Crippen molar-refractivity contribution < 1.29 is 47.4 Å². The number of esters is 1. The molecule has 3 fully saturated rings. The van der Waals surface area contributed by atoms with Gasteiger partial charge in [0, 0.05) is 56.8 Å². The number of piperidine rings is 2. The number of carbonyl (C=O) groups is 7. The minimum Gasteiger partial charge on any atom is -0.493 e. The number of anilines is 3. The second-order valence-corrected chi connectivity index (χ2v) is 23.8. The topological polar surface area (TPSA) is 204 Å². The highest BCUT2D eigenvalue weighted by atomic mass is 32.1. The third-order valence-electron chi connectivity index (χ3n) is 16.4. The van der Waals surface area contributed by atoms with E-state index in [2.05, 4.69) is 31.5 Å². The molecule has 6 amide bonds. The molecule has 426 valence electrons. The van der Waals surface area contributed by atoms with Crippen LogP contribution < -0.4 is 25.2 Å². The summed E-state index contributed by atoms with van der Waals surface area (Å²) in [4.78, 5) is 111. The molecule has 7 heterocycles. The maximum Gasteiger partial charge on any atom is 0.358 e. The fourth-order valence-corrected chi connectivity index (χ4v) is 12.8. The number of amides is 6. The number of benzene rings is 4. The molecule has 5 aliphatic heterocycles. The van der Waals surface area contributed by atoms with Crippen molar-refractivity contribution in [3.05, 3.63) is 130 Å². The number of hydrogen-bond donors (Lipinski definition) is 2. The molecule has 0 saturated carbocycles. The fourth-order valence-electron chi connectivity index (χ4n) is 12.0. The first-order valence-corrected chi connectivity index (χ1v) is 29.0. The summed E-state index contributed by atoms with van der Waals surface area (Å²) in [7, 11) is 0. The summed E-state index contributed by atoms with van der Waals surface area (Å²) in [5.74, 6) is -2.33. The molecule has 0 bridgehead atoms. The predicted molar refractivity (Wildman–Crippen MR) is 309 cm³/mol. The van der Waals surface area contributed by atoms with Crippen LogP contribution in [0.25, 0.3) is 21.3 Å². The number of fused-ring (bicyclic) bond motifs is 3. The molecule has 2 atom stereocenters. The molecular formula is C62H66FN9O9S. The van der Waals surface area contributed by atoms with Crippen LogP contribution in [0.3, 0.4) is 0 Å². The number of nitrogens with one attached hydrogen (secondary N) is 2. The zero-order chi connectivity index (χ0) is 57.6. The number of para-hydroxylation sites is 1. The summed E-state index contributed by atoms with van der Waals surface area (Å²) in [6.07, 6.45) is 4.37. The van der Waals surface area contributed by atoms with Crippen molar-refractivity contribution in [1.82, 2.24) is 30.0 Å². The number of hydrogen-bond acceptors (Lipinski definition) is 15. The lowest BCUT2D eigenvalue weighted by molar-refractivity contribution is -0.138. The minimum atomic E-state index is -1.15. The van der Waals surface area contributed by atoms with Crippen molar-refractivity contribution in [2.45, 2.75) is 104 Å². The van der Waals surface area contributed by atoms with Crippen molar-refractivity contribution in [3.8, 4) is 16.9 Å². The van der Waals surface area contributed by atoms with Crippen molar-refractivity contribution >= 4 is 79.6 Å². The Balaban J connectivity index is 0.672. The summed E-state index contributed by atoms with van der Waals surface area (Å²) in [6.45, 7) is 13.9. The number of piperazine rings is 1. The number of thiazole rings is 1. The number of pyridine rings is 1. The van der Waals surface area contributed by atoms with E-state index in [0.29, 0.717) is 86.0 Å². The summed E-state index contributed by atoms with van der Waals surface area (Å²) < 4.78 is 29.0. The molecule has 2 aromatic heterocycles. The Bertz CT molecular complexity index is 3510. The average molecular weight is 1130 g/mol.